The Kier molecular flexibility index (Phi) is 12.6. The third kappa shape index (κ3) is 9.64. The van der Waals surface area contributed by atoms with Gasteiger partial charge in [0.05, 0.1) is 47.2 Å². The molecule has 0 fully saturated rings. The number of pyridine rings is 1. The summed E-state index contributed by atoms with van der Waals surface area (Å²) in [5, 5.41) is 5.76. The molecule has 252 valence electrons. The minimum absolute atomic E-state index is 0.0327. The first kappa shape index (κ1) is 37.7. The molecule has 0 aliphatic heterocycles. The second-order valence-corrected chi connectivity index (χ2v) is 21.3. The predicted octanol–water partition coefficient (Wildman–Crippen LogP) is 8.83. The van der Waals surface area contributed by atoms with Gasteiger partial charge in [0.1, 0.15) is 10.5 Å². The molecule has 0 radical (unpaired) electrons. The molecular weight excluding hydrogens is 611 g/mol. The SMILES string of the molecule is C=C/C=C(\N=C(C)c1cc(OC(C)C)c2cnn(-c3cccc(CO[Si](C)(C)C(C)(C)C)n3)c2c1)[C@H](CCC)N[S+]([O-])C(C)(C)C. The van der Waals surface area contributed by atoms with Crippen molar-refractivity contribution in [2.75, 3.05) is 0 Å². The van der Waals surface area contributed by atoms with Crippen LogP contribution in [0, 0.1) is 0 Å². The lowest BCUT2D eigenvalue weighted by molar-refractivity contribution is 0.245. The fourth-order valence-electron chi connectivity index (χ4n) is 4.45. The number of hydrogen-bond acceptors (Lipinski definition) is 7. The Hall–Kier alpha value is -2.76. The summed E-state index contributed by atoms with van der Waals surface area (Å²) in [6, 6.07) is 9.86. The van der Waals surface area contributed by atoms with Crippen LogP contribution in [0.2, 0.25) is 18.1 Å². The maximum atomic E-state index is 13.1. The Balaban J connectivity index is 2.09. The molecule has 0 saturated carbocycles. The van der Waals surface area contributed by atoms with Crippen molar-refractivity contribution in [3.8, 4) is 11.6 Å². The van der Waals surface area contributed by atoms with Gasteiger partial charge in [0.25, 0.3) is 0 Å². The molecule has 10 heteroatoms. The zero-order valence-corrected chi connectivity index (χ0v) is 31.8. The van der Waals surface area contributed by atoms with Crippen molar-refractivity contribution in [2.24, 2.45) is 4.99 Å². The molecule has 2 atom stereocenters. The normalized spacial score (nSPS) is 15.0. The van der Waals surface area contributed by atoms with Crippen molar-refractivity contribution in [3.05, 3.63) is 72.2 Å². The van der Waals surface area contributed by atoms with Crippen LogP contribution in [0.4, 0.5) is 0 Å². The maximum absolute atomic E-state index is 13.1. The lowest BCUT2D eigenvalue weighted by Crippen LogP contribution is -2.45. The molecule has 3 rings (SSSR count). The quantitative estimate of drug-likeness (QED) is 0.0800. The standard InChI is InChI=1S/C36H55N5O3SSi/c1-14-17-30(31(18-15-2)40-45(42)35(6,7)8)38-26(5)27-21-32-29(33(22-27)44-25(3)4)23-37-41(32)34-20-16-19-28(39-34)24-43-46(12,13)36(9,10)11/h14,16-17,19-23,25,31,40H,1,15,18,24H2,2-13H3/b30-17-,38-26?/t31-,45?/m0/s1. The Bertz CT molecular complexity index is 1550. The van der Waals surface area contributed by atoms with Crippen LogP contribution in [-0.2, 0) is 22.4 Å². The highest BCUT2D eigenvalue weighted by molar-refractivity contribution is 7.90. The average Bonchev–Trinajstić information content (AvgIpc) is 3.39. The predicted molar refractivity (Wildman–Crippen MR) is 197 cm³/mol. The van der Waals surface area contributed by atoms with Crippen LogP contribution in [0.1, 0.15) is 93.3 Å². The van der Waals surface area contributed by atoms with Gasteiger partial charge in [0.2, 0.25) is 0 Å². The molecule has 0 amide bonds. The zero-order valence-electron chi connectivity index (χ0n) is 30.0. The van der Waals surface area contributed by atoms with Gasteiger partial charge in [-0.2, -0.15) is 5.10 Å². The van der Waals surface area contributed by atoms with Gasteiger partial charge < -0.3 is 13.7 Å². The van der Waals surface area contributed by atoms with E-state index in [1.54, 1.807) is 6.08 Å². The number of allylic oxidation sites excluding steroid dienone is 2. The summed E-state index contributed by atoms with van der Waals surface area (Å²) in [4.78, 5) is 10.0. The van der Waals surface area contributed by atoms with Gasteiger partial charge in [-0.1, -0.05) is 52.8 Å². The first-order valence-electron chi connectivity index (χ1n) is 16.2. The lowest BCUT2D eigenvalue weighted by atomic mass is 10.1. The minimum Gasteiger partial charge on any atom is -0.598 e. The number of hydrogen-bond donors (Lipinski definition) is 1. The van der Waals surface area contributed by atoms with Gasteiger partial charge >= 0.3 is 0 Å². The number of benzene rings is 1. The summed E-state index contributed by atoms with van der Waals surface area (Å²) < 4.78 is 30.6. The second kappa shape index (κ2) is 15.4. The summed E-state index contributed by atoms with van der Waals surface area (Å²) in [5.74, 6) is 1.43. The van der Waals surface area contributed by atoms with Crippen LogP contribution >= 0.6 is 0 Å². The number of rotatable bonds is 14. The first-order valence-corrected chi connectivity index (χ1v) is 20.3. The van der Waals surface area contributed by atoms with E-state index in [-0.39, 0.29) is 17.2 Å². The van der Waals surface area contributed by atoms with E-state index in [0.29, 0.717) is 12.4 Å². The molecule has 1 N–H and O–H groups in total. The van der Waals surface area contributed by atoms with Crippen molar-refractivity contribution in [1.29, 1.82) is 0 Å². The van der Waals surface area contributed by atoms with Crippen molar-refractivity contribution in [1.82, 2.24) is 19.5 Å². The topological polar surface area (TPSA) is 96.6 Å². The highest BCUT2D eigenvalue weighted by Crippen LogP contribution is 2.37. The highest BCUT2D eigenvalue weighted by Gasteiger charge is 2.37. The highest BCUT2D eigenvalue weighted by atomic mass is 32.2. The molecule has 46 heavy (non-hydrogen) atoms. The Morgan fingerprint density at radius 2 is 1.87 bits per heavy atom. The van der Waals surface area contributed by atoms with E-state index in [9.17, 15) is 4.55 Å². The molecule has 0 aliphatic rings. The van der Waals surface area contributed by atoms with Crippen LogP contribution in [0.3, 0.4) is 0 Å². The summed E-state index contributed by atoms with van der Waals surface area (Å²) in [6.45, 7) is 29.6. The molecule has 1 aromatic carbocycles. The molecule has 2 aromatic heterocycles. The minimum atomic E-state index is -1.93. The van der Waals surface area contributed by atoms with E-state index in [4.69, 9.17) is 24.2 Å². The van der Waals surface area contributed by atoms with Crippen LogP contribution < -0.4 is 9.46 Å². The number of nitrogens with one attached hydrogen (secondary N) is 1. The summed E-state index contributed by atoms with van der Waals surface area (Å²) >= 11 is -1.25. The Labute approximate surface area is 281 Å². The fourth-order valence-corrected chi connectivity index (χ4v) is 6.24. The third-order valence-electron chi connectivity index (χ3n) is 8.15. The van der Waals surface area contributed by atoms with Gasteiger partial charge in [-0.25, -0.2) is 9.67 Å². The van der Waals surface area contributed by atoms with E-state index < -0.39 is 24.4 Å². The van der Waals surface area contributed by atoms with Crippen molar-refractivity contribution < 1.29 is 13.7 Å². The van der Waals surface area contributed by atoms with E-state index in [1.807, 2.05) is 82.8 Å². The maximum Gasteiger partial charge on any atom is 0.192 e. The number of aromatic nitrogens is 3. The van der Waals surface area contributed by atoms with Crippen LogP contribution in [0.25, 0.3) is 16.7 Å². The van der Waals surface area contributed by atoms with E-state index in [0.717, 1.165) is 52.2 Å². The van der Waals surface area contributed by atoms with E-state index in [1.165, 1.54) is 0 Å². The van der Waals surface area contributed by atoms with Gasteiger partial charge in [-0.05, 0) is 96.4 Å². The largest absolute Gasteiger partial charge is 0.598 e. The second-order valence-electron chi connectivity index (χ2n) is 14.5. The molecule has 0 saturated heterocycles. The first-order chi connectivity index (χ1) is 21.4. The van der Waals surface area contributed by atoms with Gasteiger partial charge in [0, 0.05) is 22.6 Å². The van der Waals surface area contributed by atoms with E-state index >= 15 is 0 Å². The molecular formula is C36H55N5O3SSi. The van der Waals surface area contributed by atoms with Crippen LogP contribution in [0.15, 0.2) is 65.9 Å². The molecule has 0 aliphatic carbocycles. The fraction of sp³-hybridized carbons (Fsp3) is 0.528. The van der Waals surface area contributed by atoms with Gasteiger partial charge in [-0.3, -0.25) is 4.99 Å². The summed E-state index contributed by atoms with van der Waals surface area (Å²) in [7, 11) is -1.93. The summed E-state index contributed by atoms with van der Waals surface area (Å²) in [6.07, 6.45) is 7.12. The Morgan fingerprint density at radius 3 is 2.46 bits per heavy atom. The van der Waals surface area contributed by atoms with E-state index in [2.05, 4.69) is 58.2 Å². The van der Waals surface area contributed by atoms with Crippen LogP contribution in [0.5, 0.6) is 5.75 Å². The third-order valence-corrected chi connectivity index (χ3v) is 14.2. The van der Waals surface area contributed by atoms with Crippen molar-refractivity contribution >= 4 is 36.3 Å². The smallest absolute Gasteiger partial charge is 0.192 e. The molecule has 2 heterocycles. The van der Waals surface area contributed by atoms with Crippen molar-refractivity contribution in [3.63, 3.8) is 0 Å². The molecule has 0 spiro atoms. The molecule has 1 unspecified atom stereocenters. The zero-order chi connectivity index (χ0) is 34.4. The number of ether oxygens (including phenoxy) is 1. The number of nitrogens with zero attached hydrogens (tertiary/aromatic N) is 4. The van der Waals surface area contributed by atoms with Gasteiger partial charge in [0.15, 0.2) is 14.1 Å². The van der Waals surface area contributed by atoms with Gasteiger partial charge in [-0.15, -0.1) is 4.72 Å². The average molecular weight is 666 g/mol. The Morgan fingerprint density at radius 1 is 1.17 bits per heavy atom. The van der Waals surface area contributed by atoms with Crippen LogP contribution in [-0.4, -0.2) is 50.2 Å². The lowest BCUT2D eigenvalue weighted by Gasteiger charge is -2.36. The molecule has 0 bridgehead atoms. The molecule has 8 nitrogen and oxygen atoms in total. The summed E-state index contributed by atoms with van der Waals surface area (Å²) in [5.41, 5.74) is 4.20. The number of fused-ring (bicyclic) bond motifs is 1. The monoisotopic (exact) mass is 665 g/mol. The molecule has 3 aromatic rings. The van der Waals surface area contributed by atoms with Crippen molar-refractivity contribution in [2.45, 2.75) is 124 Å². The number of aliphatic imine (C=N–C) groups is 1.